The largest absolute Gasteiger partial charge is 0.481 e. The van der Waals surface area contributed by atoms with Gasteiger partial charge in [-0.1, -0.05) is 0 Å². The van der Waals surface area contributed by atoms with Crippen LogP contribution in [0.2, 0.25) is 0 Å². The van der Waals surface area contributed by atoms with Gasteiger partial charge in [0.15, 0.2) is 0 Å². The number of aliphatic hydroxyl groups is 1. The van der Waals surface area contributed by atoms with Crippen molar-refractivity contribution in [2.24, 2.45) is 5.92 Å². The first-order valence-corrected chi connectivity index (χ1v) is 7.09. The number of aliphatic carboxylic acids is 1. The Bertz CT molecular complexity index is 403. The smallest absolute Gasteiger partial charge is 0.318 e. The van der Waals surface area contributed by atoms with Gasteiger partial charge in [-0.3, -0.25) is 4.79 Å². The van der Waals surface area contributed by atoms with E-state index in [-0.39, 0.29) is 31.8 Å². The van der Waals surface area contributed by atoms with Crippen molar-refractivity contribution in [3.8, 4) is 0 Å². The standard InChI is InChI=1S/C13H23N3O5/c1-15(2)4-8-3-9(17)5-16(8)13(20)14-11-7-21-6-10(11)12(18)19/h8-11,17H,3-7H2,1-2H3,(H,14,20)(H,18,19). The molecular weight excluding hydrogens is 278 g/mol. The van der Waals surface area contributed by atoms with Gasteiger partial charge in [-0.15, -0.1) is 0 Å². The van der Waals surface area contributed by atoms with E-state index < -0.39 is 24.0 Å². The van der Waals surface area contributed by atoms with E-state index in [2.05, 4.69) is 5.32 Å². The van der Waals surface area contributed by atoms with Crippen molar-refractivity contribution in [2.45, 2.75) is 24.6 Å². The van der Waals surface area contributed by atoms with Crippen LogP contribution in [0.1, 0.15) is 6.42 Å². The van der Waals surface area contributed by atoms with Crippen LogP contribution in [-0.2, 0) is 9.53 Å². The van der Waals surface area contributed by atoms with E-state index >= 15 is 0 Å². The molecule has 0 spiro atoms. The lowest BCUT2D eigenvalue weighted by molar-refractivity contribution is -0.142. The molecule has 0 saturated carbocycles. The third kappa shape index (κ3) is 3.84. The Balaban J connectivity index is 1.96. The van der Waals surface area contributed by atoms with E-state index in [0.717, 1.165) is 0 Å². The maximum absolute atomic E-state index is 12.3. The minimum atomic E-state index is -0.968. The summed E-state index contributed by atoms with van der Waals surface area (Å²) in [4.78, 5) is 27.0. The summed E-state index contributed by atoms with van der Waals surface area (Å²) in [5, 5.41) is 21.6. The first-order valence-electron chi connectivity index (χ1n) is 7.09. The normalized spacial score (nSPS) is 32.7. The van der Waals surface area contributed by atoms with Crippen LogP contribution in [0, 0.1) is 5.92 Å². The number of carbonyl (C=O) groups is 2. The summed E-state index contributed by atoms with van der Waals surface area (Å²) in [6.07, 6.45) is 0.00516. The lowest BCUT2D eigenvalue weighted by Gasteiger charge is -2.28. The van der Waals surface area contributed by atoms with Gasteiger partial charge in [-0.05, 0) is 20.5 Å². The molecule has 8 heteroatoms. The number of aliphatic hydroxyl groups excluding tert-OH is 1. The molecule has 120 valence electrons. The average Bonchev–Trinajstić information content (AvgIpc) is 2.95. The second-order valence-electron chi connectivity index (χ2n) is 6.00. The molecule has 8 nitrogen and oxygen atoms in total. The van der Waals surface area contributed by atoms with Crippen LogP contribution < -0.4 is 5.32 Å². The Kier molecular flexibility index (Phi) is 5.02. The van der Waals surface area contributed by atoms with Gasteiger partial charge >= 0.3 is 12.0 Å². The van der Waals surface area contributed by atoms with Crippen LogP contribution in [0.3, 0.4) is 0 Å². The maximum atomic E-state index is 12.3. The first kappa shape index (κ1) is 16.0. The van der Waals surface area contributed by atoms with E-state index in [0.29, 0.717) is 13.0 Å². The van der Waals surface area contributed by atoms with Gasteiger partial charge in [0, 0.05) is 19.1 Å². The zero-order valence-corrected chi connectivity index (χ0v) is 12.4. The highest BCUT2D eigenvalue weighted by Crippen LogP contribution is 2.20. The fraction of sp³-hybridized carbons (Fsp3) is 0.846. The van der Waals surface area contributed by atoms with Crippen LogP contribution in [0.25, 0.3) is 0 Å². The number of hydrogen-bond donors (Lipinski definition) is 3. The molecular formula is C13H23N3O5. The van der Waals surface area contributed by atoms with Crippen molar-refractivity contribution in [1.82, 2.24) is 15.1 Å². The van der Waals surface area contributed by atoms with Gasteiger partial charge < -0.3 is 30.1 Å². The first-order chi connectivity index (χ1) is 9.88. The number of urea groups is 1. The van der Waals surface area contributed by atoms with Crippen molar-refractivity contribution in [3.63, 3.8) is 0 Å². The fourth-order valence-corrected chi connectivity index (χ4v) is 2.92. The van der Waals surface area contributed by atoms with Crippen molar-refractivity contribution < 1.29 is 24.5 Å². The molecule has 2 fully saturated rings. The predicted octanol–water partition coefficient (Wildman–Crippen LogP) is -1.21. The lowest BCUT2D eigenvalue weighted by atomic mass is 10.0. The molecule has 2 aliphatic heterocycles. The number of hydrogen-bond acceptors (Lipinski definition) is 5. The second kappa shape index (κ2) is 6.59. The van der Waals surface area contributed by atoms with E-state index in [4.69, 9.17) is 9.84 Å². The Hall–Kier alpha value is -1.38. The monoisotopic (exact) mass is 301 g/mol. The second-order valence-corrected chi connectivity index (χ2v) is 6.00. The minimum absolute atomic E-state index is 0.0689. The number of nitrogens with one attached hydrogen (secondary N) is 1. The number of likely N-dealkylation sites (tertiary alicyclic amines) is 1. The van der Waals surface area contributed by atoms with Gasteiger partial charge in [0.25, 0.3) is 0 Å². The summed E-state index contributed by atoms with van der Waals surface area (Å²) in [6, 6.07) is -0.923. The van der Waals surface area contributed by atoms with Crippen LogP contribution in [0.15, 0.2) is 0 Å². The van der Waals surface area contributed by atoms with Gasteiger partial charge in [-0.25, -0.2) is 4.79 Å². The number of nitrogens with zero attached hydrogens (tertiary/aromatic N) is 2. The zero-order valence-electron chi connectivity index (χ0n) is 12.4. The molecule has 0 radical (unpaired) electrons. The molecule has 2 aliphatic rings. The molecule has 21 heavy (non-hydrogen) atoms. The van der Waals surface area contributed by atoms with Crippen molar-refractivity contribution in [2.75, 3.05) is 40.4 Å². The molecule has 3 N–H and O–H groups in total. The van der Waals surface area contributed by atoms with E-state index in [9.17, 15) is 14.7 Å². The highest BCUT2D eigenvalue weighted by Gasteiger charge is 2.39. The lowest BCUT2D eigenvalue weighted by Crippen LogP contribution is -2.52. The third-order valence-corrected chi connectivity index (χ3v) is 3.94. The Morgan fingerprint density at radius 2 is 2.10 bits per heavy atom. The van der Waals surface area contributed by atoms with Crippen molar-refractivity contribution in [3.05, 3.63) is 0 Å². The summed E-state index contributed by atoms with van der Waals surface area (Å²) in [5.41, 5.74) is 0. The molecule has 0 aliphatic carbocycles. The van der Waals surface area contributed by atoms with Gasteiger partial charge in [0.1, 0.15) is 5.92 Å². The maximum Gasteiger partial charge on any atom is 0.318 e. The number of β-amino-alcohol motifs (C(OH)–C–C–N with tert-alkyl or cyclic N) is 1. The summed E-state index contributed by atoms with van der Waals surface area (Å²) in [6.45, 7) is 1.26. The van der Waals surface area contributed by atoms with Crippen LogP contribution in [-0.4, -0.2) is 90.6 Å². The molecule has 2 heterocycles. The van der Waals surface area contributed by atoms with Crippen LogP contribution >= 0.6 is 0 Å². The Labute approximate surface area is 123 Å². The predicted molar refractivity (Wildman–Crippen MR) is 73.9 cm³/mol. The summed E-state index contributed by atoms with van der Waals surface area (Å²) < 4.78 is 5.14. The van der Waals surface area contributed by atoms with Gasteiger partial charge in [0.05, 0.1) is 25.4 Å². The number of rotatable bonds is 4. The fourth-order valence-electron chi connectivity index (χ4n) is 2.92. The summed E-state index contributed by atoms with van der Waals surface area (Å²) in [7, 11) is 3.82. The molecule has 2 rings (SSSR count). The van der Waals surface area contributed by atoms with E-state index in [1.54, 1.807) is 4.90 Å². The third-order valence-electron chi connectivity index (χ3n) is 3.94. The summed E-state index contributed by atoms with van der Waals surface area (Å²) in [5.74, 6) is -1.68. The highest BCUT2D eigenvalue weighted by molar-refractivity contribution is 5.77. The molecule has 4 unspecified atom stereocenters. The van der Waals surface area contributed by atoms with E-state index in [1.165, 1.54) is 0 Å². The number of carboxylic acid groups (broad SMARTS) is 1. The molecule has 0 aromatic rings. The Morgan fingerprint density at radius 1 is 1.38 bits per heavy atom. The van der Waals surface area contributed by atoms with Crippen molar-refractivity contribution in [1.29, 1.82) is 0 Å². The molecule has 0 aromatic heterocycles. The summed E-state index contributed by atoms with van der Waals surface area (Å²) >= 11 is 0. The Morgan fingerprint density at radius 3 is 2.71 bits per heavy atom. The van der Waals surface area contributed by atoms with Crippen molar-refractivity contribution >= 4 is 12.0 Å². The number of carboxylic acids is 1. The van der Waals surface area contributed by atoms with E-state index in [1.807, 2.05) is 19.0 Å². The van der Waals surface area contributed by atoms with Gasteiger partial charge in [0.2, 0.25) is 0 Å². The number of likely N-dealkylation sites (N-methyl/N-ethyl adjacent to an activating group) is 1. The molecule has 0 bridgehead atoms. The quantitative estimate of drug-likeness (QED) is 0.602. The highest BCUT2D eigenvalue weighted by atomic mass is 16.5. The molecule has 2 amide bonds. The molecule has 0 aromatic carbocycles. The average molecular weight is 301 g/mol. The van der Waals surface area contributed by atoms with Crippen LogP contribution in [0.4, 0.5) is 4.79 Å². The molecule has 4 atom stereocenters. The SMILES string of the molecule is CN(C)CC1CC(O)CN1C(=O)NC1COCC1C(=O)O. The number of amides is 2. The number of carbonyl (C=O) groups excluding carboxylic acids is 1. The topological polar surface area (TPSA) is 102 Å². The minimum Gasteiger partial charge on any atom is -0.481 e. The van der Waals surface area contributed by atoms with Crippen LogP contribution in [0.5, 0.6) is 0 Å². The van der Waals surface area contributed by atoms with Gasteiger partial charge in [-0.2, -0.15) is 0 Å². The molecule has 2 saturated heterocycles. The number of ether oxygens (including phenoxy) is 1. The zero-order chi connectivity index (χ0) is 15.6.